The number of nitrogens with zero attached hydrogens (tertiary/aromatic N) is 2. The van der Waals surface area contributed by atoms with E-state index in [-0.39, 0.29) is 0 Å². The molecule has 1 heterocycles. The highest BCUT2D eigenvalue weighted by Gasteiger charge is 2.08. The summed E-state index contributed by atoms with van der Waals surface area (Å²) in [5.41, 5.74) is 1.90. The molecule has 0 aliphatic rings. The van der Waals surface area contributed by atoms with Crippen LogP contribution in [-0.4, -0.2) is 16.7 Å². The molecular formula is C16H14ClN3O. The summed E-state index contributed by atoms with van der Waals surface area (Å²) in [4.78, 5) is 4.34. The maximum atomic E-state index is 6.06. The number of benzene rings is 2. The Labute approximate surface area is 128 Å². The van der Waals surface area contributed by atoms with Crippen molar-refractivity contribution in [3.8, 4) is 11.4 Å². The molecule has 21 heavy (non-hydrogen) atoms. The van der Waals surface area contributed by atoms with Crippen molar-refractivity contribution in [1.29, 1.82) is 0 Å². The number of methoxy groups -OCH3 is 1. The molecule has 0 unspecified atom stereocenters. The first-order valence-corrected chi connectivity index (χ1v) is 6.85. The molecule has 5 heteroatoms. The molecule has 0 fully saturated rings. The molecule has 2 aromatic carbocycles. The van der Waals surface area contributed by atoms with E-state index in [1.165, 1.54) is 0 Å². The van der Waals surface area contributed by atoms with E-state index in [0.29, 0.717) is 10.8 Å². The number of aromatic nitrogens is 2. The zero-order chi connectivity index (χ0) is 14.7. The summed E-state index contributed by atoms with van der Waals surface area (Å²) in [6.45, 7) is 0. The van der Waals surface area contributed by atoms with Crippen LogP contribution in [0.5, 0.6) is 5.75 Å². The summed E-state index contributed by atoms with van der Waals surface area (Å²) in [5, 5.41) is 3.86. The molecule has 1 N–H and O–H groups in total. The summed E-state index contributed by atoms with van der Waals surface area (Å²) < 4.78 is 7.19. The van der Waals surface area contributed by atoms with E-state index in [0.717, 1.165) is 17.3 Å². The van der Waals surface area contributed by atoms with E-state index in [9.17, 15) is 0 Å². The van der Waals surface area contributed by atoms with Gasteiger partial charge in [0.25, 0.3) is 0 Å². The van der Waals surface area contributed by atoms with E-state index in [1.807, 2.05) is 59.3 Å². The largest absolute Gasteiger partial charge is 0.495 e. The van der Waals surface area contributed by atoms with Crippen LogP contribution in [0.2, 0.25) is 5.02 Å². The fourth-order valence-corrected chi connectivity index (χ4v) is 2.25. The second-order valence-corrected chi connectivity index (χ2v) is 4.84. The quantitative estimate of drug-likeness (QED) is 0.781. The van der Waals surface area contributed by atoms with Crippen molar-refractivity contribution < 1.29 is 4.74 Å². The predicted molar refractivity (Wildman–Crippen MR) is 84.9 cm³/mol. The van der Waals surface area contributed by atoms with E-state index in [1.54, 1.807) is 13.3 Å². The Morgan fingerprint density at radius 1 is 1.14 bits per heavy atom. The lowest BCUT2D eigenvalue weighted by Crippen LogP contribution is -2.01. The number of hydrogen-bond acceptors (Lipinski definition) is 3. The summed E-state index contributed by atoms with van der Waals surface area (Å²) in [6, 6.07) is 15.5. The molecule has 0 saturated heterocycles. The molecule has 0 radical (unpaired) electrons. The monoisotopic (exact) mass is 299 g/mol. The SMILES string of the molecule is COc1cc(-n2ccnc2Nc2ccccc2)ccc1Cl. The average Bonchev–Trinajstić information content (AvgIpc) is 2.97. The van der Waals surface area contributed by atoms with Crippen LogP contribution in [0.1, 0.15) is 0 Å². The Kier molecular flexibility index (Phi) is 3.79. The lowest BCUT2D eigenvalue weighted by molar-refractivity contribution is 0.415. The van der Waals surface area contributed by atoms with E-state index in [4.69, 9.17) is 16.3 Å². The van der Waals surface area contributed by atoms with Gasteiger partial charge in [-0.3, -0.25) is 4.57 Å². The molecule has 0 amide bonds. The Balaban J connectivity index is 1.95. The van der Waals surface area contributed by atoms with Crippen LogP contribution >= 0.6 is 11.6 Å². The first kappa shape index (κ1) is 13.5. The number of rotatable bonds is 4. The molecule has 0 aliphatic carbocycles. The predicted octanol–water partition coefficient (Wildman–Crippen LogP) is 4.28. The van der Waals surface area contributed by atoms with Gasteiger partial charge in [-0.25, -0.2) is 4.98 Å². The van der Waals surface area contributed by atoms with Gasteiger partial charge < -0.3 is 10.1 Å². The fourth-order valence-electron chi connectivity index (χ4n) is 2.05. The summed E-state index contributed by atoms with van der Waals surface area (Å²) >= 11 is 6.06. The van der Waals surface area contributed by atoms with Crippen LogP contribution < -0.4 is 10.1 Å². The molecule has 0 bridgehead atoms. The second-order valence-electron chi connectivity index (χ2n) is 4.43. The number of anilines is 2. The molecule has 0 atom stereocenters. The first-order valence-electron chi connectivity index (χ1n) is 6.47. The second kappa shape index (κ2) is 5.89. The normalized spacial score (nSPS) is 10.4. The van der Waals surface area contributed by atoms with Crippen LogP contribution in [0.3, 0.4) is 0 Å². The molecule has 3 aromatic rings. The highest BCUT2D eigenvalue weighted by atomic mass is 35.5. The third-order valence-corrected chi connectivity index (χ3v) is 3.40. The first-order chi connectivity index (χ1) is 10.3. The van der Waals surface area contributed by atoms with Crippen LogP contribution in [0, 0.1) is 0 Å². The van der Waals surface area contributed by atoms with Crippen LogP contribution in [0.4, 0.5) is 11.6 Å². The van der Waals surface area contributed by atoms with E-state index >= 15 is 0 Å². The Bertz CT molecular complexity index is 740. The number of nitrogens with one attached hydrogen (secondary N) is 1. The number of hydrogen-bond donors (Lipinski definition) is 1. The highest BCUT2D eigenvalue weighted by Crippen LogP contribution is 2.28. The van der Waals surface area contributed by atoms with Gasteiger partial charge in [0, 0.05) is 24.1 Å². The van der Waals surface area contributed by atoms with Crippen LogP contribution in [0.25, 0.3) is 5.69 Å². The van der Waals surface area contributed by atoms with Gasteiger partial charge in [-0.2, -0.15) is 0 Å². The third-order valence-electron chi connectivity index (χ3n) is 3.08. The van der Waals surface area contributed by atoms with Gasteiger partial charge in [-0.05, 0) is 24.3 Å². The van der Waals surface area contributed by atoms with Crippen molar-refractivity contribution in [2.75, 3.05) is 12.4 Å². The van der Waals surface area contributed by atoms with Crippen molar-refractivity contribution in [3.05, 3.63) is 65.9 Å². The minimum Gasteiger partial charge on any atom is -0.495 e. The van der Waals surface area contributed by atoms with Crippen LogP contribution in [-0.2, 0) is 0 Å². The Morgan fingerprint density at radius 2 is 1.95 bits per heavy atom. The van der Waals surface area contributed by atoms with Crippen molar-refractivity contribution >= 4 is 23.2 Å². The number of imidazole rings is 1. The van der Waals surface area contributed by atoms with Gasteiger partial charge in [-0.15, -0.1) is 0 Å². The summed E-state index contributed by atoms with van der Waals surface area (Å²) in [5.74, 6) is 1.36. The Morgan fingerprint density at radius 3 is 2.71 bits per heavy atom. The third kappa shape index (κ3) is 2.85. The van der Waals surface area contributed by atoms with Crippen molar-refractivity contribution in [1.82, 2.24) is 9.55 Å². The smallest absolute Gasteiger partial charge is 0.212 e. The minimum atomic E-state index is 0.582. The van der Waals surface area contributed by atoms with Gasteiger partial charge in [-0.1, -0.05) is 29.8 Å². The van der Waals surface area contributed by atoms with Crippen LogP contribution in [0.15, 0.2) is 60.9 Å². The van der Waals surface area contributed by atoms with E-state index in [2.05, 4.69) is 10.3 Å². The summed E-state index contributed by atoms with van der Waals surface area (Å²) in [6.07, 6.45) is 3.63. The molecule has 0 saturated carbocycles. The molecular weight excluding hydrogens is 286 g/mol. The molecule has 4 nitrogen and oxygen atoms in total. The van der Waals surface area contributed by atoms with Gasteiger partial charge in [0.1, 0.15) is 5.75 Å². The topological polar surface area (TPSA) is 39.1 Å². The molecule has 0 spiro atoms. The molecule has 0 aliphatic heterocycles. The maximum absolute atomic E-state index is 6.06. The van der Waals surface area contributed by atoms with Gasteiger partial charge in [0.05, 0.1) is 17.8 Å². The highest BCUT2D eigenvalue weighted by molar-refractivity contribution is 6.32. The van der Waals surface area contributed by atoms with Gasteiger partial charge in [0.15, 0.2) is 0 Å². The maximum Gasteiger partial charge on any atom is 0.212 e. The minimum absolute atomic E-state index is 0.582. The van der Waals surface area contributed by atoms with Crippen molar-refractivity contribution in [3.63, 3.8) is 0 Å². The molecule has 106 valence electrons. The lowest BCUT2D eigenvalue weighted by atomic mass is 10.3. The van der Waals surface area contributed by atoms with E-state index < -0.39 is 0 Å². The number of halogens is 1. The summed E-state index contributed by atoms with van der Waals surface area (Å²) in [7, 11) is 1.60. The zero-order valence-corrected chi connectivity index (χ0v) is 12.2. The standard InChI is InChI=1S/C16H14ClN3O/c1-21-15-11-13(7-8-14(15)17)20-10-9-18-16(20)19-12-5-3-2-4-6-12/h2-11H,1H3,(H,18,19). The van der Waals surface area contributed by atoms with Crippen molar-refractivity contribution in [2.45, 2.75) is 0 Å². The number of ether oxygens (including phenoxy) is 1. The molecule has 3 rings (SSSR count). The average molecular weight is 300 g/mol. The zero-order valence-electron chi connectivity index (χ0n) is 11.5. The Hall–Kier alpha value is -2.46. The fraction of sp³-hybridized carbons (Fsp3) is 0.0625. The molecule has 1 aromatic heterocycles. The van der Waals surface area contributed by atoms with Crippen molar-refractivity contribution in [2.24, 2.45) is 0 Å². The lowest BCUT2D eigenvalue weighted by Gasteiger charge is -2.11. The van der Waals surface area contributed by atoms with Gasteiger partial charge in [0.2, 0.25) is 5.95 Å². The van der Waals surface area contributed by atoms with Gasteiger partial charge >= 0.3 is 0 Å². The number of para-hydroxylation sites is 1.